The minimum absolute atomic E-state index is 0.00269. The fourth-order valence-electron chi connectivity index (χ4n) is 3.34. The minimum atomic E-state index is 0.00269. The molecule has 0 radical (unpaired) electrons. The molecular formula is C22H23N3O2. The number of para-hydroxylation sites is 1. The van der Waals surface area contributed by atoms with Crippen molar-refractivity contribution in [3.05, 3.63) is 71.9 Å². The van der Waals surface area contributed by atoms with E-state index in [2.05, 4.69) is 0 Å². The number of carbonyl (C=O) groups excluding carboxylic acids is 1. The van der Waals surface area contributed by atoms with Crippen LogP contribution in [-0.4, -0.2) is 46.4 Å². The van der Waals surface area contributed by atoms with Gasteiger partial charge in [0, 0.05) is 24.8 Å². The van der Waals surface area contributed by atoms with Gasteiger partial charge in [-0.15, -0.1) is 0 Å². The number of ether oxygens (including phenoxy) is 1. The molecule has 138 valence electrons. The predicted octanol–water partition coefficient (Wildman–Crippen LogP) is 3.71. The number of aryl methyl sites for hydroxylation is 1. The van der Waals surface area contributed by atoms with Crippen LogP contribution in [0, 0.1) is 6.92 Å². The highest BCUT2D eigenvalue weighted by Gasteiger charge is 2.27. The average Bonchev–Trinajstić information content (AvgIpc) is 3.14. The van der Waals surface area contributed by atoms with Crippen LogP contribution in [-0.2, 0) is 4.74 Å². The molecule has 4 rings (SSSR count). The third-order valence-electron chi connectivity index (χ3n) is 4.82. The molecule has 1 fully saturated rings. The topological polar surface area (TPSA) is 47.4 Å². The van der Waals surface area contributed by atoms with Gasteiger partial charge in [-0.05, 0) is 26.0 Å². The van der Waals surface area contributed by atoms with E-state index in [1.54, 1.807) is 4.68 Å². The summed E-state index contributed by atoms with van der Waals surface area (Å²) in [6, 6.07) is 18.0. The van der Waals surface area contributed by atoms with E-state index in [9.17, 15) is 4.79 Å². The summed E-state index contributed by atoms with van der Waals surface area (Å²) in [6.45, 7) is 5.82. The number of amides is 1. The van der Waals surface area contributed by atoms with Crippen molar-refractivity contribution in [2.75, 3.05) is 19.7 Å². The Morgan fingerprint density at radius 1 is 1.11 bits per heavy atom. The maximum absolute atomic E-state index is 13.3. The number of rotatable bonds is 3. The maximum atomic E-state index is 13.3. The Balaban J connectivity index is 1.77. The van der Waals surface area contributed by atoms with Gasteiger partial charge in [-0.3, -0.25) is 4.79 Å². The summed E-state index contributed by atoms with van der Waals surface area (Å²) in [4.78, 5) is 15.1. The van der Waals surface area contributed by atoms with E-state index in [0.717, 1.165) is 11.3 Å². The molecule has 1 aromatic heterocycles. The summed E-state index contributed by atoms with van der Waals surface area (Å²) < 4.78 is 7.37. The number of nitrogens with zero attached hydrogens (tertiary/aromatic N) is 3. The van der Waals surface area contributed by atoms with Gasteiger partial charge < -0.3 is 9.64 Å². The molecule has 1 aliphatic rings. The Bertz CT molecular complexity index is 932. The lowest BCUT2D eigenvalue weighted by molar-refractivity contribution is -0.0123. The van der Waals surface area contributed by atoms with Crippen molar-refractivity contribution in [1.82, 2.24) is 14.7 Å². The van der Waals surface area contributed by atoms with E-state index in [-0.39, 0.29) is 12.0 Å². The Kier molecular flexibility index (Phi) is 4.77. The average molecular weight is 361 g/mol. The Morgan fingerprint density at radius 3 is 2.56 bits per heavy atom. The highest BCUT2D eigenvalue weighted by atomic mass is 16.5. The fourth-order valence-corrected chi connectivity index (χ4v) is 3.34. The molecule has 27 heavy (non-hydrogen) atoms. The monoisotopic (exact) mass is 361 g/mol. The molecule has 0 N–H and O–H groups in total. The quantitative estimate of drug-likeness (QED) is 0.714. The van der Waals surface area contributed by atoms with Crippen LogP contribution in [0.2, 0.25) is 0 Å². The first-order chi connectivity index (χ1) is 13.1. The zero-order chi connectivity index (χ0) is 18.8. The molecule has 5 heteroatoms. The number of aromatic nitrogens is 2. The lowest BCUT2D eigenvalue weighted by Crippen LogP contribution is -2.44. The van der Waals surface area contributed by atoms with E-state index in [1.807, 2.05) is 79.5 Å². The first kappa shape index (κ1) is 17.5. The number of hydrogen-bond acceptors (Lipinski definition) is 3. The van der Waals surface area contributed by atoms with Gasteiger partial charge in [-0.1, -0.05) is 48.0 Å². The van der Waals surface area contributed by atoms with Crippen LogP contribution in [0.3, 0.4) is 0 Å². The molecule has 0 bridgehead atoms. The van der Waals surface area contributed by atoms with Gasteiger partial charge in [0.1, 0.15) is 5.69 Å². The van der Waals surface area contributed by atoms with Gasteiger partial charge in [0.05, 0.1) is 24.0 Å². The van der Waals surface area contributed by atoms with Crippen molar-refractivity contribution in [3.8, 4) is 16.9 Å². The Hall–Kier alpha value is -2.92. The molecule has 0 saturated carbocycles. The zero-order valence-corrected chi connectivity index (χ0v) is 15.6. The third kappa shape index (κ3) is 3.64. The lowest BCUT2D eigenvalue weighted by atomic mass is 10.1. The van der Waals surface area contributed by atoms with E-state index in [0.29, 0.717) is 31.0 Å². The maximum Gasteiger partial charge on any atom is 0.257 e. The van der Waals surface area contributed by atoms with Crippen molar-refractivity contribution in [2.45, 2.75) is 20.0 Å². The Morgan fingerprint density at radius 2 is 1.85 bits per heavy atom. The highest BCUT2D eigenvalue weighted by Crippen LogP contribution is 2.26. The molecule has 1 atom stereocenters. The molecule has 0 spiro atoms. The van der Waals surface area contributed by atoms with E-state index in [1.165, 1.54) is 5.56 Å². The highest BCUT2D eigenvalue weighted by molar-refractivity contribution is 6.00. The van der Waals surface area contributed by atoms with Crippen LogP contribution < -0.4 is 0 Å². The molecular weight excluding hydrogens is 338 g/mol. The van der Waals surface area contributed by atoms with Gasteiger partial charge in [0.2, 0.25) is 0 Å². The molecule has 2 aromatic carbocycles. The van der Waals surface area contributed by atoms with Crippen molar-refractivity contribution in [2.24, 2.45) is 0 Å². The minimum Gasteiger partial charge on any atom is -0.375 e. The third-order valence-corrected chi connectivity index (χ3v) is 4.82. The second-order valence-corrected chi connectivity index (χ2v) is 6.97. The summed E-state index contributed by atoms with van der Waals surface area (Å²) in [6.07, 6.45) is 1.89. The summed E-state index contributed by atoms with van der Waals surface area (Å²) >= 11 is 0. The number of benzene rings is 2. The van der Waals surface area contributed by atoms with Crippen molar-refractivity contribution >= 4 is 5.91 Å². The van der Waals surface area contributed by atoms with E-state index < -0.39 is 0 Å². The standard InChI is InChI=1S/C22H23N3O2/c1-16-8-10-18(11-9-16)21-20(22(26)24-12-13-27-17(2)14-24)15-25(23-21)19-6-4-3-5-7-19/h3-11,15,17H,12-14H2,1-2H3. The second-order valence-electron chi connectivity index (χ2n) is 6.97. The van der Waals surface area contributed by atoms with Crippen LogP contribution in [0.1, 0.15) is 22.8 Å². The lowest BCUT2D eigenvalue weighted by Gasteiger charge is -2.31. The summed E-state index contributed by atoms with van der Waals surface area (Å²) in [5.41, 5.74) is 4.39. The van der Waals surface area contributed by atoms with E-state index in [4.69, 9.17) is 9.84 Å². The van der Waals surface area contributed by atoms with Crippen LogP contribution in [0.5, 0.6) is 0 Å². The van der Waals surface area contributed by atoms with Crippen molar-refractivity contribution in [3.63, 3.8) is 0 Å². The summed E-state index contributed by atoms with van der Waals surface area (Å²) in [5, 5.41) is 4.75. The predicted molar refractivity (Wildman–Crippen MR) is 105 cm³/mol. The van der Waals surface area contributed by atoms with Gasteiger partial charge in [0.15, 0.2) is 0 Å². The first-order valence-corrected chi connectivity index (χ1v) is 9.25. The molecule has 1 aliphatic heterocycles. The summed E-state index contributed by atoms with van der Waals surface area (Å²) in [5.74, 6) is 0.00269. The van der Waals surface area contributed by atoms with Crippen molar-refractivity contribution < 1.29 is 9.53 Å². The molecule has 5 nitrogen and oxygen atoms in total. The SMILES string of the molecule is Cc1ccc(-c2nn(-c3ccccc3)cc2C(=O)N2CCOC(C)C2)cc1. The fraction of sp³-hybridized carbons (Fsp3) is 0.273. The van der Waals surface area contributed by atoms with Gasteiger partial charge in [-0.25, -0.2) is 4.68 Å². The Labute approximate surface area is 159 Å². The first-order valence-electron chi connectivity index (χ1n) is 9.25. The van der Waals surface area contributed by atoms with Gasteiger partial charge >= 0.3 is 0 Å². The smallest absolute Gasteiger partial charge is 0.257 e. The van der Waals surface area contributed by atoms with Gasteiger partial charge in [-0.2, -0.15) is 5.10 Å². The number of carbonyl (C=O) groups is 1. The normalized spacial score (nSPS) is 17.1. The van der Waals surface area contributed by atoms with Crippen LogP contribution in [0.4, 0.5) is 0 Å². The summed E-state index contributed by atoms with van der Waals surface area (Å²) in [7, 11) is 0. The van der Waals surface area contributed by atoms with Crippen LogP contribution in [0.15, 0.2) is 60.8 Å². The molecule has 3 aromatic rings. The van der Waals surface area contributed by atoms with Crippen molar-refractivity contribution in [1.29, 1.82) is 0 Å². The van der Waals surface area contributed by atoms with E-state index >= 15 is 0 Å². The van der Waals surface area contributed by atoms with Crippen LogP contribution >= 0.6 is 0 Å². The number of hydrogen-bond donors (Lipinski definition) is 0. The second kappa shape index (κ2) is 7.37. The zero-order valence-electron chi connectivity index (χ0n) is 15.6. The molecule has 0 aliphatic carbocycles. The molecule has 1 saturated heterocycles. The van der Waals surface area contributed by atoms with Gasteiger partial charge in [0.25, 0.3) is 5.91 Å². The molecule has 1 unspecified atom stereocenters. The largest absolute Gasteiger partial charge is 0.375 e. The molecule has 2 heterocycles. The molecule has 1 amide bonds. The van der Waals surface area contributed by atoms with Crippen LogP contribution in [0.25, 0.3) is 16.9 Å². The number of morpholine rings is 1.